The number of guanidine groups is 1. The van der Waals surface area contributed by atoms with Crippen molar-refractivity contribution in [3.8, 4) is 16.8 Å². The van der Waals surface area contributed by atoms with Crippen LogP contribution in [0.5, 0.6) is 0 Å². The Morgan fingerprint density at radius 1 is 1.06 bits per heavy atom. The summed E-state index contributed by atoms with van der Waals surface area (Å²) in [6, 6.07) is 9.30. The number of aliphatic hydroxyl groups is 1. The Balaban J connectivity index is 1.61. The predicted octanol–water partition coefficient (Wildman–Crippen LogP) is 5.95. The number of carbonyl (C=O) groups is 2. The minimum absolute atomic E-state index is 0.0153. The van der Waals surface area contributed by atoms with Crippen LogP contribution in [0.3, 0.4) is 0 Å². The highest BCUT2D eigenvalue weighted by molar-refractivity contribution is 6.32. The van der Waals surface area contributed by atoms with E-state index in [1.165, 1.54) is 30.6 Å². The molecule has 0 saturated carbocycles. The standard InChI is InChI=1S/C30H29ClF4N8O4/c1-29(2,3)14-30(19-7-4-16(5-8-19)18-11-37-41(12-18)26(34)35)25(45)42(27(40-30)39-28(46)47)22(13-44)17-6-9-20(31)21(10-17)43-24(23(32)33)36-15-38-43/h4-12,15,22-23,26,44H,13-14H2,1-3H3,(H,39,40)(H,46,47)/t22?,30-/m1/s1. The van der Waals surface area contributed by atoms with Gasteiger partial charge in [0.15, 0.2) is 11.4 Å². The van der Waals surface area contributed by atoms with Crippen LogP contribution >= 0.6 is 11.6 Å². The van der Waals surface area contributed by atoms with E-state index in [1.807, 2.05) is 20.8 Å². The molecule has 0 radical (unpaired) electrons. The highest BCUT2D eigenvalue weighted by Gasteiger charge is 2.54. The van der Waals surface area contributed by atoms with Crippen LogP contribution in [0, 0.1) is 5.41 Å². The molecule has 0 aliphatic carbocycles. The Labute approximate surface area is 270 Å². The monoisotopic (exact) mass is 676 g/mol. The van der Waals surface area contributed by atoms with Gasteiger partial charge in [0.1, 0.15) is 6.33 Å². The van der Waals surface area contributed by atoms with Crippen LogP contribution in [0.2, 0.25) is 5.02 Å². The lowest BCUT2D eigenvalue weighted by molar-refractivity contribution is -0.135. The molecule has 0 bridgehead atoms. The van der Waals surface area contributed by atoms with E-state index in [1.54, 1.807) is 24.3 Å². The van der Waals surface area contributed by atoms with E-state index in [0.717, 1.165) is 15.9 Å². The van der Waals surface area contributed by atoms with E-state index in [9.17, 15) is 37.4 Å². The second-order valence-corrected chi connectivity index (χ2v) is 12.3. The Morgan fingerprint density at radius 3 is 2.34 bits per heavy atom. The molecule has 1 unspecified atom stereocenters. The van der Waals surface area contributed by atoms with Gasteiger partial charge in [0, 0.05) is 11.8 Å². The van der Waals surface area contributed by atoms with Gasteiger partial charge in [-0.25, -0.2) is 32.9 Å². The first-order valence-corrected chi connectivity index (χ1v) is 14.5. The minimum Gasteiger partial charge on any atom is -0.465 e. The van der Waals surface area contributed by atoms with E-state index in [-0.39, 0.29) is 28.7 Å². The zero-order valence-corrected chi connectivity index (χ0v) is 25.9. The number of aliphatic hydroxyl groups excluding tert-OH is 1. The van der Waals surface area contributed by atoms with E-state index >= 15 is 0 Å². The molecule has 0 spiro atoms. The van der Waals surface area contributed by atoms with Crippen LogP contribution in [0.4, 0.5) is 22.4 Å². The molecule has 0 fully saturated rings. The number of nitrogens with one attached hydrogen (secondary N) is 1. The van der Waals surface area contributed by atoms with Crippen molar-refractivity contribution in [2.24, 2.45) is 10.4 Å². The van der Waals surface area contributed by atoms with Crippen molar-refractivity contribution >= 4 is 29.6 Å². The number of aromatic nitrogens is 5. The lowest BCUT2D eigenvalue weighted by Crippen LogP contribution is -2.49. The third kappa shape index (κ3) is 6.55. The molecule has 5 rings (SSSR count). The van der Waals surface area contributed by atoms with Gasteiger partial charge in [0.05, 0.1) is 29.6 Å². The first kappa shape index (κ1) is 33.5. The second-order valence-electron chi connectivity index (χ2n) is 11.9. The van der Waals surface area contributed by atoms with Gasteiger partial charge < -0.3 is 10.2 Å². The van der Waals surface area contributed by atoms with Crippen LogP contribution in [0.1, 0.15) is 63.2 Å². The van der Waals surface area contributed by atoms with Crippen molar-refractivity contribution in [2.45, 2.75) is 51.7 Å². The summed E-state index contributed by atoms with van der Waals surface area (Å²) in [5.41, 5.74) is -0.765. The van der Waals surface area contributed by atoms with Crippen molar-refractivity contribution in [3.63, 3.8) is 0 Å². The number of hydrogen-bond donors (Lipinski definition) is 3. The number of halogens is 5. The Kier molecular flexibility index (Phi) is 9.10. The summed E-state index contributed by atoms with van der Waals surface area (Å²) >= 11 is 6.34. The van der Waals surface area contributed by atoms with E-state index in [2.05, 4.69) is 25.5 Å². The molecule has 47 heavy (non-hydrogen) atoms. The fourth-order valence-electron chi connectivity index (χ4n) is 5.58. The maximum absolute atomic E-state index is 14.6. The number of aliphatic imine (C=N–C) groups is 1. The Morgan fingerprint density at radius 2 is 1.77 bits per heavy atom. The topological polar surface area (TPSA) is 151 Å². The first-order valence-electron chi connectivity index (χ1n) is 14.1. The van der Waals surface area contributed by atoms with Gasteiger partial charge in [0.2, 0.25) is 5.96 Å². The summed E-state index contributed by atoms with van der Waals surface area (Å²) < 4.78 is 54.8. The van der Waals surface area contributed by atoms with Crippen LogP contribution in [0.15, 0.2) is 66.2 Å². The molecule has 2 amide bonds. The molecule has 0 saturated heterocycles. The summed E-state index contributed by atoms with van der Waals surface area (Å²) in [4.78, 5) is 35.8. The van der Waals surface area contributed by atoms with Crippen LogP contribution in [0.25, 0.3) is 16.8 Å². The third-order valence-corrected chi connectivity index (χ3v) is 7.76. The van der Waals surface area contributed by atoms with Gasteiger partial charge in [-0.05, 0) is 40.7 Å². The number of carboxylic acid groups (broad SMARTS) is 1. The SMILES string of the molecule is CC(C)(C)C[C@]1(c2ccc(-c3cnn(C(F)F)c3)cc2)N=C(NC(=O)O)N(C(CO)c2ccc(Cl)c(-n3ncnc3C(F)F)c2)C1=O. The number of nitrogens with zero attached hydrogens (tertiary/aromatic N) is 7. The normalized spacial score (nSPS) is 17.5. The molecule has 17 heteroatoms. The molecule has 3 heterocycles. The molecule has 3 N–H and O–H groups in total. The number of amides is 2. The Hall–Kier alpha value is -4.83. The molecule has 2 aromatic heterocycles. The molecule has 4 aromatic rings. The third-order valence-electron chi connectivity index (χ3n) is 7.44. The quantitative estimate of drug-likeness (QED) is 0.186. The van der Waals surface area contributed by atoms with Gasteiger partial charge in [0.25, 0.3) is 12.3 Å². The summed E-state index contributed by atoms with van der Waals surface area (Å²) in [7, 11) is 0. The zero-order chi connectivity index (χ0) is 34.3. The van der Waals surface area contributed by atoms with E-state index in [4.69, 9.17) is 11.6 Å². The summed E-state index contributed by atoms with van der Waals surface area (Å²) in [6.45, 7) is 2.04. The molecule has 1 aliphatic heterocycles. The highest BCUT2D eigenvalue weighted by Crippen LogP contribution is 2.45. The average molecular weight is 677 g/mol. The maximum atomic E-state index is 14.6. The van der Waals surface area contributed by atoms with Crippen LogP contribution in [-0.2, 0) is 10.3 Å². The smallest absolute Gasteiger partial charge is 0.411 e. The number of carbonyl (C=O) groups excluding carboxylic acids is 1. The summed E-state index contributed by atoms with van der Waals surface area (Å²) in [6.07, 6.45) is -1.06. The van der Waals surface area contributed by atoms with Crippen molar-refractivity contribution in [1.82, 2.24) is 34.8 Å². The number of rotatable bonds is 9. The van der Waals surface area contributed by atoms with Crippen LogP contribution in [-0.4, -0.2) is 64.2 Å². The maximum Gasteiger partial charge on any atom is 0.411 e. The lowest BCUT2D eigenvalue weighted by Gasteiger charge is -2.34. The minimum atomic E-state index is -2.99. The van der Waals surface area contributed by atoms with Gasteiger partial charge in [-0.1, -0.05) is 62.7 Å². The van der Waals surface area contributed by atoms with Crippen LogP contribution < -0.4 is 5.32 Å². The average Bonchev–Trinajstić information content (AvgIpc) is 3.74. The number of benzene rings is 2. The fraction of sp³-hybridized carbons (Fsp3) is 0.333. The van der Waals surface area contributed by atoms with Crippen molar-refractivity contribution in [3.05, 3.63) is 83.2 Å². The molecular weight excluding hydrogens is 648 g/mol. The summed E-state index contributed by atoms with van der Waals surface area (Å²) in [5, 5.41) is 30.0. The molecular formula is C30H29ClF4N8O4. The molecule has 1 aliphatic rings. The number of hydrogen-bond acceptors (Lipinski definition) is 7. The predicted molar refractivity (Wildman–Crippen MR) is 161 cm³/mol. The zero-order valence-electron chi connectivity index (χ0n) is 25.2. The van der Waals surface area contributed by atoms with Gasteiger partial charge in [-0.15, -0.1) is 0 Å². The molecule has 12 nitrogen and oxygen atoms in total. The van der Waals surface area contributed by atoms with E-state index in [0.29, 0.717) is 21.4 Å². The largest absolute Gasteiger partial charge is 0.465 e. The van der Waals surface area contributed by atoms with E-state index < -0.39 is 54.4 Å². The Bertz CT molecular complexity index is 1820. The van der Waals surface area contributed by atoms with Gasteiger partial charge in [-0.2, -0.15) is 19.0 Å². The molecule has 2 aromatic carbocycles. The van der Waals surface area contributed by atoms with Crippen molar-refractivity contribution in [2.75, 3.05) is 6.61 Å². The lowest BCUT2D eigenvalue weighted by atomic mass is 9.75. The molecule has 248 valence electrons. The van der Waals surface area contributed by atoms with Crippen molar-refractivity contribution < 1.29 is 37.4 Å². The van der Waals surface area contributed by atoms with Gasteiger partial charge >= 0.3 is 12.6 Å². The highest BCUT2D eigenvalue weighted by atomic mass is 35.5. The first-order chi connectivity index (χ1) is 22.1. The summed E-state index contributed by atoms with van der Waals surface area (Å²) in [5.74, 6) is -1.75. The van der Waals surface area contributed by atoms with Gasteiger partial charge in [-0.3, -0.25) is 15.0 Å². The fourth-order valence-corrected chi connectivity index (χ4v) is 5.77. The second kappa shape index (κ2) is 12.8. The number of alkyl halides is 4. The molecule has 2 atom stereocenters. The van der Waals surface area contributed by atoms with Crippen molar-refractivity contribution in [1.29, 1.82) is 0 Å².